The van der Waals surface area contributed by atoms with Crippen molar-refractivity contribution in [3.63, 3.8) is 0 Å². The molecule has 1 aliphatic heterocycles. The second-order valence-corrected chi connectivity index (χ2v) is 14.4. The first-order valence-corrected chi connectivity index (χ1v) is 21.7. The predicted octanol–water partition coefficient (Wildman–Crippen LogP) is 9.47. The summed E-state index contributed by atoms with van der Waals surface area (Å²) >= 11 is 0. The Kier molecular flexibility index (Phi) is 34.8. The van der Waals surface area contributed by atoms with Crippen LogP contribution < -0.4 is 0 Å². The predicted molar refractivity (Wildman–Crippen MR) is 228 cm³/mol. The fourth-order valence-corrected chi connectivity index (χ4v) is 5.95. The third kappa shape index (κ3) is 28.7. The zero-order valence-electron chi connectivity index (χ0n) is 34.8. The van der Waals surface area contributed by atoms with Crippen molar-refractivity contribution in [2.45, 2.75) is 179 Å². The Hall–Kier alpha value is -2.63. The lowest BCUT2D eigenvalue weighted by Crippen LogP contribution is -2.59. The highest BCUT2D eigenvalue weighted by Crippen LogP contribution is 2.22. The van der Waals surface area contributed by atoms with Crippen molar-refractivity contribution in [1.82, 2.24) is 0 Å². The van der Waals surface area contributed by atoms with Crippen molar-refractivity contribution < 1.29 is 44.2 Å². The lowest BCUT2D eigenvalue weighted by atomic mass is 9.99. The number of hydrogen-bond donors (Lipinski definition) is 4. The highest BCUT2D eigenvalue weighted by atomic mass is 16.7. The summed E-state index contributed by atoms with van der Waals surface area (Å²) < 4.78 is 22.7. The number of hydrogen-bond acceptors (Lipinski definition) is 9. The molecule has 56 heavy (non-hydrogen) atoms. The zero-order chi connectivity index (χ0) is 40.7. The normalized spacial score (nSPS) is 21.4. The van der Waals surface area contributed by atoms with E-state index in [0.29, 0.717) is 13.0 Å². The highest BCUT2D eigenvalue weighted by molar-refractivity contribution is 5.69. The molecule has 0 bridgehead atoms. The molecule has 0 aromatic rings. The van der Waals surface area contributed by atoms with Gasteiger partial charge in [0, 0.05) is 13.0 Å². The van der Waals surface area contributed by atoms with E-state index in [-0.39, 0.29) is 25.6 Å². The van der Waals surface area contributed by atoms with Crippen LogP contribution in [0.3, 0.4) is 0 Å². The molecular weight excluding hydrogens is 709 g/mol. The van der Waals surface area contributed by atoms with E-state index in [9.17, 15) is 25.2 Å². The van der Waals surface area contributed by atoms with E-state index in [1.54, 1.807) is 0 Å². The van der Waals surface area contributed by atoms with Crippen LogP contribution in [0.5, 0.6) is 0 Å². The zero-order valence-corrected chi connectivity index (χ0v) is 34.8. The summed E-state index contributed by atoms with van der Waals surface area (Å²) in [6.45, 7) is 4.34. The summed E-state index contributed by atoms with van der Waals surface area (Å²) in [7, 11) is 0. The summed E-state index contributed by atoms with van der Waals surface area (Å²) in [5, 5.41) is 40.0. The standard InChI is InChI=1S/C47H78O9/c1-3-5-7-9-11-13-15-16-17-18-19-20-21-22-23-24-25-26-27-28-30-32-34-36-43(49)55-41(39-53-37-35-33-31-29-14-12-10-8-6-4-2)40-54-47-46(52)45(51)44(50)42(38-48)56-47/h5,7,11,13,16-17,19-20,22-23,25-26,28,30,41-42,44-48,50-52H,3-4,6,8-10,12,14-15,18,21,24,27,29,31-40H2,1-2H3/b7-5-,13-11-,17-16-,20-19-,23-22-,26-25-,30-28-. The van der Waals surface area contributed by atoms with Gasteiger partial charge in [-0.1, -0.05) is 157 Å². The largest absolute Gasteiger partial charge is 0.457 e. The number of carbonyl (C=O) groups excluding carboxylic acids is 1. The van der Waals surface area contributed by atoms with E-state index in [1.807, 2.05) is 0 Å². The lowest BCUT2D eigenvalue weighted by Gasteiger charge is -2.39. The molecule has 0 aromatic heterocycles. The molecule has 0 spiro atoms. The average Bonchev–Trinajstić information content (AvgIpc) is 3.20. The Morgan fingerprint density at radius 2 is 1.07 bits per heavy atom. The first-order valence-electron chi connectivity index (χ1n) is 21.7. The van der Waals surface area contributed by atoms with Crippen molar-refractivity contribution in [2.75, 3.05) is 26.4 Å². The summed E-state index contributed by atoms with van der Waals surface area (Å²) in [5.74, 6) is -0.375. The van der Waals surface area contributed by atoms with Crippen LogP contribution in [0.2, 0.25) is 0 Å². The van der Waals surface area contributed by atoms with Crippen LogP contribution in [0.25, 0.3) is 0 Å². The minimum absolute atomic E-state index is 0.118. The van der Waals surface area contributed by atoms with Crippen LogP contribution in [0.4, 0.5) is 0 Å². The Labute approximate surface area is 339 Å². The molecule has 0 radical (unpaired) electrons. The number of esters is 1. The van der Waals surface area contributed by atoms with Crippen molar-refractivity contribution >= 4 is 5.97 Å². The first-order chi connectivity index (χ1) is 27.4. The van der Waals surface area contributed by atoms with Crippen LogP contribution >= 0.6 is 0 Å². The van der Waals surface area contributed by atoms with Crippen LogP contribution in [0.1, 0.15) is 142 Å². The molecule has 1 fully saturated rings. The van der Waals surface area contributed by atoms with Gasteiger partial charge in [0.1, 0.15) is 30.5 Å². The third-order valence-electron chi connectivity index (χ3n) is 9.33. The Balaban J connectivity index is 2.32. The fraction of sp³-hybridized carbons (Fsp3) is 0.681. The van der Waals surface area contributed by atoms with Gasteiger partial charge in [0.2, 0.25) is 0 Å². The second kappa shape index (κ2) is 37.9. The van der Waals surface area contributed by atoms with Crippen LogP contribution in [0, 0.1) is 0 Å². The molecule has 9 nitrogen and oxygen atoms in total. The van der Waals surface area contributed by atoms with Gasteiger partial charge in [-0.25, -0.2) is 0 Å². The Morgan fingerprint density at radius 3 is 1.57 bits per heavy atom. The number of unbranched alkanes of at least 4 members (excludes halogenated alkanes) is 10. The molecule has 1 heterocycles. The van der Waals surface area contributed by atoms with Crippen LogP contribution in [-0.2, 0) is 23.7 Å². The first kappa shape index (κ1) is 51.4. The van der Waals surface area contributed by atoms with E-state index < -0.39 is 43.4 Å². The fourth-order valence-electron chi connectivity index (χ4n) is 5.95. The van der Waals surface area contributed by atoms with Gasteiger partial charge >= 0.3 is 5.97 Å². The molecule has 1 aliphatic rings. The summed E-state index contributed by atoms with van der Waals surface area (Å²) in [5.41, 5.74) is 0. The van der Waals surface area contributed by atoms with Crippen LogP contribution in [0.15, 0.2) is 85.1 Å². The molecule has 0 amide bonds. The molecule has 1 rings (SSSR count). The van der Waals surface area contributed by atoms with E-state index in [2.05, 4.69) is 98.9 Å². The molecule has 4 N–H and O–H groups in total. The van der Waals surface area contributed by atoms with E-state index in [0.717, 1.165) is 64.2 Å². The molecule has 0 saturated carbocycles. The van der Waals surface area contributed by atoms with E-state index in [4.69, 9.17) is 18.9 Å². The highest BCUT2D eigenvalue weighted by Gasteiger charge is 2.44. The number of rotatable bonds is 35. The number of aliphatic hydroxyl groups is 4. The van der Waals surface area contributed by atoms with Gasteiger partial charge in [0.05, 0.1) is 19.8 Å². The lowest BCUT2D eigenvalue weighted by molar-refractivity contribution is -0.305. The van der Waals surface area contributed by atoms with Gasteiger partial charge in [-0.05, 0) is 64.2 Å². The maximum absolute atomic E-state index is 12.7. The number of allylic oxidation sites excluding steroid dienone is 14. The molecule has 0 aromatic carbocycles. The smallest absolute Gasteiger partial charge is 0.306 e. The van der Waals surface area contributed by atoms with Crippen LogP contribution in [-0.4, -0.2) is 89.6 Å². The molecule has 320 valence electrons. The number of ether oxygens (including phenoxy) is 4. The SMILES string of the molecule is CC/C=C\C/C=C\C/C=C\C/C=C\C/C=C\C/C=C\C/C=C\CCCC(=O)OC(COCCCCCCCCCCCC)COC1OC(CO)C(O)C(O)C1O. The maximum atomic E-state index is 12.7. The minimum Gasteiger partial charge on any atom is -0.457 e. The summed E-state index contributed by atoms with van der Waals surface area (Å²) in [4.78, 5) is 12.7. The molecule has 6 unspecified atom stereocenters. The van der Waals surface area contributed by atoms with Gasteiger partial charge in [0.25, 0.3) is 0 Å². The summed E-state index contributed by atoms with van der Waals surface area (Å²) in [6, 6.07) is 0. The number of aliphatic hydroxyl groups excluding tert-OH is 4. The minimum atomic E-state index is -1.55. The van der Waals surface area contributed by atoms with E-state index >= 15 is 0 Å². The van der Waals surface area contributed by atoms with Crippen molar-refractivity contribution in [1.29, 1.82) is 0 Å². The third-order valence-corrected chi connectivity index (χ3v) is 9.33. The summed E-state index contributed by atoms with van der Waals surface area (Å²) in [6.07, 6.45) is 43.3. The molecule has 6 atom stereocenters. The van der Waals surface area contributed by atoms with Gasteiger partial charge in [-0.3, -0.25) is 4.79 Å². The van der Waals surface area contributed by atoms with Gasteiger partial charge in [-0.2, -0.15) is 0 Å². The molecule has 0 aliphatic carbocycles. The average molecular weight is 787 g/mol. The Morgan fingerprint density at radius 1 is 0.589 bits per heavy atom. The molecule has 9 heteroatoms. The van der Waals surface area contributed by atoms with Crippen molar-refractivity contribution in [3.05, 3.63) is 85.1 Å². The Bertz CT molecular complexity index is 1120. The van der Waals surface area contributed by atoms with Gasteiger partial charge in [-0.15, -0.1) is 0 Å². The quantitative estimate of drug-likeness (QED) is 0.0282. The van der Waals surface area contributed by atoms with Gasteiger partial charge < -0.3 is 39.4 Å². The second-order valence-electron chi connectivity index (χ2n) is 14.4. The topological polar surface area (TPSA) is 135 Å². The maximum Gasteiger partial charge on any atom is 0.306 e. The van der Waals surface area contributed by atoms with E-state index in [1.165, 1.54) is 51.4 Å². The van der Waals surface area contributed by atoms with Gasteiger partial charge in [0.15, 0.2) is 6.29 Å². The molecular formula is C47H78O9. The van der Waals surface area contributed by atoms with Crippen molar-refractivity contribution in [2.24, 2.45) is 0 Å². The molecule has 1 saturated heterocycles. The number of carbonyl (C=O) groups is 1. The van der Waals surface area contributed by atoms with Crippen molar-refractivity contribution in [3.8, 4) is 0 Å². The monoisotopic (exact) mass is 787 g/mol.